The number of ether oxygens (including phenoxy) is 2. The number of aryl methyl sites for hydroxylation is 1. The Morgan fingerprint density at radius 3 is 2.61 bits per heavy atom. The smallest absolute Gasteiger partial charge is 0.338 e. The zero-order valence-electron chi connectivity index (χ0n) is 19.3. The first-order valence-corrected chi connectivity index (χ1v) is 12.0. The molecule has 0 aliphatic carbocycles. The summed E-state index contributed by atoms with van der Waals surface area (Å²) in [5.74, 6) is 1.67. The third-order valence-electron chi connectivity index (χ3n) is 5.46. The molecule has 4 rings (SSSR count). The van der Waals surface area contributed by atoms with Crippen LogP contribution in [0, 0.1) is 6.92 Å². The normalized spacial score (nSPS) is 15.1. The van der Waals surface area contributed by atoms with Crippen molar-refractivity contribution >= 4 is 23.7 Å². The molecule has 1 aliphatic rings. The van der Waals surface area contributed by atoms with E-state index in [4.69, 9.17) is 19.6 Å². The number of esters is 1. The molecule has 0 spiro atoms. The van der Waals surface area contributed by atoms with Crippen LogP contribution in [0.5, 0.6) is 5.75 Å². The zero-order chi connectivity index (χ0) is 23.4. The molecule has 1 N–H and O–H groups in total. The number of allylic oxidation sites excluding steroid dienone is 1. The Balaban J connectivity index is 1.74. The molecule has 0 fully saturated rings. The number of carbonyl (C=O) groups excluding carboxylic acids is 1. The van der Waals surface area contributed by atoms with Crippen LogP contribution in [-0.4, -0.2) is 33.9 Å². The molecule has 2 heterocycles. The minimum absolute atomic E-state index is 0.289. The number of para-hydroxylation sites is 1. The number of nitrogens with one attached hydrogen (secondary N) is 1. The van der Waals surface area contributed by atoms with Gasteiger partial charge in [-0.05, 0) is 44.9 Å². The molecule has 0 unspecified atom stereocenters. The number of carbonyl (C=O) groups is 1. The van der Waals surface area contributed by atoms with Gasteiger partial charge in [0.15, 0.2) is 0 Å². The van der Waals surface area contributed by atoms with Crippen molar-refractivity contribution in [2.24, 2.45) is 0 Å². The van der Waals surface area contributed by atoms with E-state index in [9.17, 15) is 4.79 Å². The minimum Gasteiger partial charge on any atom is -0.494 e. The highest BCUT2D eigenvalue weighted by Gasteiger charge is 2.36. The van der Waals surface area contributed by atoms with Gasteiger partial charge < -0.3 is 14.8 Å². The summed E-state index contributed by atoms with van der Waals surface area (Å²) in [6.07, 6.45) is 0. The maximum atomic E-state index is 13.0. The molecule has 3 aromatic rings. The average molecular weight is 465 g/mol. The summed E-state index contributed by atoms with van der Waals surface area (Å²) in [6, 6.07) is 15.5. The Labute approximate surface area is 198 Å². The first kappa shape index (κ1) is 22.9. The van der Waals surface area contributed by atoms with Gasteiger partial charge >= 0.3 is 5.97 Å². The predicted octanol–water partition coefficient (Wildman–Crippen LogP) is 5.13. The quantitative estimate of drug-likeness (QED) is 0.366. The van der Waals surface area contributed by atoms with Gasteiger partial charge in [-0.1, -0.05) is 54.2 Å². The Morgan fingerprint density at radius 2 is 1.85 bits per heavy atom. The summed E-state index contributed by atoms with van der Waals surface area (Å²) in [5, 5.41) is 8.67. The maximum absolute atomic E-state index is 13.0. The fraction of sp³-hybridized carbons (Fsp3) is 0.320. The summed E-state index contributed by atoms with van der Waals surface area (Å²) < 4.78 is 13.1. The molecule has 0 saturated carbocycles. The van der Waals surface area contributed by atoms with E-state index in [2.05, 4.69) is 24.4 Å². The minimum atomic E-state index is -0.511. The van der Waals surface area contributed by atoms with Gasteiger partial charge in [0.1, 0.15) is 11.8 Å². The van der Waals surface area contributed by atoms with Crippen LogP contribution in [0.15, 0.2) is 65.0 Å². The first-order chi connectivity index (χ1) is 16.0. The lowest BCUT2D eigenvalue weighted by atomic mass is 9.95. The molecule has 1 atom stereocenters. The lowest BCUT2D eigenvalue weighted by Gasteiger charge is -2.29. The van der Waals surface area contributed by atoms with Gasteiger partial charge in [-0.25, -0.2) is 9.48 Å². The van der Waals surface area contributed by atoms with Gasteiger partial charge in [0.05, 0.1) is 18.8 Å². The van der Waals surface area contributed by atoms with E-state index in [1.807, 2.05) is 50.2 Å². The monoisotopic (exact) mass is 464 g/mol. The summed E-state index contributed by atoms with van der Waals surface area (Å²) in [5.41, 5.74) is 4.50. The van der Waals surface area contributed by atoms with Crippen LogP contribution in [0.1, 0.15) is 43.5 Å². The number of benzene rings is 2. The average Bonchev–Trinajstić information content (AvgIpc) is 3.21. The molecule has 8 heteroatoms. The van der Waals surface area contributed by atoms with Crippen molar-refractivity contribution in [1.29, 1.82) is 0 Å². The third kappa shape index (κ3) is 4.75. The van der Waals surface area contributed by atoms with Crippen molar-refractivity contribution in [3.8, 4) is 5.75 Å². The van der Waals surface area contributed by atoms with E-state index in [0.717, 1.165) is 11.3 Å². The molecular formula is C25H28N4O3S. The van der Waals surface area contributed by atoms with Gasteiger partial charge in [0.25, 0.3) is 0 Å². The van der Waals surface area contributed by atoms with Gasteiger partial charge in [-0.15, -0.1) is 5.10 Å². The largest absolute Gasteiger partial charge is 0.494 e. The summed E-state index contributed by atoms with van der Waals surface area (Å²) in [6.45, 7) is 8.50. The Bertz CT molecular complexity index is 1190. The number of fused-ring (bicyclic) bond motifs is 1. The van der Waals surface area contributed by atoms with Crippen LogP contribution in [0.25, 0.3) is 0 Å². The van der Waals surface area contributed by atoms with Gasteiger partial charge in [-0.3, -0.25) is 0 Å². The number of nitrogens with zero attached hydrogens (tertiary/aromatic N) is 3. The summed E-state index contributed by atoms with van der Waals surface area (Å²) in [7, 11) is 0. The Kier molecular flexibility index (Phi) is 7.03. The van der Waals surface area contributed by atoms with Crippen LogP contribution >= 0.6 is 11.8 Å². The third-order valence-corrected chi connectivity index (χ3v) is 6.35. The number of hydrogen-bond donors (Lipinski definition) is 1. The fourth-order valence-electron chi connectivity index (χ4n) is 3.86. The van der Waals surface area contributed by atoms with Crippen molar-refractivity contribution < 1.29 is 14.3 Å². The molecular weight excluding hydrogens is 436 g/mol. The van der Waals surface area contributed by atoms with Gasteiger partial charge in [0.2, 0.25) is 11.1 Å². The SMILES string of the molecule is CCOC(=O)C1=C(C)Nc2nc(SCc3ccccc3C)nn2[C@H]1c1ccccc1OCC. The van der Waals surface area contributed by atoms with Crippen LogP contribution < -0.4 is 10.1 Å². The van der Waals surface area contributed by atoms with E-state index in [0.29, 0.717) is 34.7 Å². The van der Waals surface area contributed by atoms with E-state index in [-0.39, 0.29) is 12.6 Å². The Hall–Kier alpha value is -3.26. The first-order valence-electron chi connectivity index (χ1n) is 11.0. The van der Waals surface area contributed by atoms with E-state index >= 15 is 0 Å². The Morgan fingerprint density at radius 1 is 1.09 bits per heavy atom. The molecule has 1 aromatic heterocycles. The number of anilines is 1. The molecule has 0 saturated heterocycles. The van der Waals surface area contributed by atoms with E-state index in [1.54, 1.807) is 23.4 Å². The van der Waals surface area contributed by atoms with E-state index < -0.39 is 6.04 Å². The molecule has 172 valence electrons. The molecule has 0 radical (unpaired) electrons. The number of hydrogen-bond acceptors (Lipinski definition) is 7. The fourth-order valence-corrected chi connectivity index (χ4v) is 4.77. The van der Waals surface area contributed by atoms with Crippen LogP contribution in [-0.2, 0) is 15.3 Å². The van der Waals surface area contributed by atoms with Crippen molar-refractivity contribution in [1.82, 2.24) is 14.8 Å². The van der Waals surface area contributed by atoms with Gasteiger partial charge in [-0.2, -0.15) is 4.98 Å². The van der Waals surface area contributed by atoms with E-state index in [1.165, 1.54) is 11.1 Å². The highest BCUT2D eigenvalue weighted by Crippen LogP contribution is 2.40. The number of aromatic nitrogens is 3. The summed E-state index contributed by atoms with van der Waals surface area (Å²) in [4.78, 5) is 17.7. The van der Waals surface area contributed by atoms with Crippen LogP contribution in [0.2, 0.25) is 0 Å². The maximum Gasteiger partial charge on any atom is 0.338 e. The standard InChI is InChI=1S/C25H28N4O3S/c1-5-31-20-14-10-9-13-19(20)22-21(23(30)32-6-2)17(4)26-24-27-25(28-29(22)24)33-15-18-12-8-7-11-16(18)3/h7-14,22H,5-6,15H2,1-4H3,(H,26,27,28)/t22-/m0/s1. The number of thioether (sulfide) groups is 1. The molecule has 7 nitrogen and oxygen atoms in total. The molecule has 33 heavy (non-hydrogen) atoms. The second-order valence-corrected chi connectivity index (χ2v) is 8.58. The van der Waals surface area contributed by atoms with Crippen molar-refractivity contribution in [3.05, 3.63) is 76.5 Å². The highest BCUT2D eigenvalue weighted by molar-refractivity contribution is 7.98. The highest BCUT2D eigenvalue weighted by atomic mass is 32.2. The molecule has 2 aromatic carbocycles. The second-order valence-electron chi connectivity index (χ2n) is 7.64. The van der Waals surface area contributed by atoms with Gasteiger partial charge in [0, 0.05) is 17.0 Å². The number of rotatable bonds is 8. The lowest BCUT2D eigenvalue weighted by Crippen LogP contribution is -2.30. The molecule has 1 aliphatic heterocycles. The van der Waals surface area contributed by atoms with Crippen LogP contribution in [0.4, 0.5) is 5.95 Å². The zero-order valence-corrected chi connectivity index (χ0v) is 20.1. The second kappa shape index (κ2) is 10.1. The van der Waals surface area contributed by atoms with Crippen LogP contribution in [0.3, 0.4) is 0 Å². The molecule has 0 bridgehead atoms. The predicted molar refractivity (Wildman–Crippen MR) is 129 cm³/mol. The van der Waals surface area contributed by atoms with Crippen molar-refractivity contribution in [2.45, 2.75) is 44.6 Å². The van der Waals surface area contributed by atoms with Crippen molar-refractivity contribution in [2.75, 3.05) is 18.5 Å². The summed E-state index contributed by atoms with van der Waals surface area (Å²) >= 11 is 1.57. The topological polar surface area (TPSA) is 78.3 Å². The molecule has 0 amide bonds. The van der Waals surface area contributed by atoms with Crippen molar-refractivity contribution in [3.63, 3.8) is 0 Å². The lowest BCUT2D eigenvalue weighted by molar-refractivity contribution is -0.139.